The number of rotatable bonds is 4. The van der Waals surface area contributed by atoms with E-state index in [1.54, 1.807) is 0 Å². The molecule has 0 spiro atoms. The molecule has 0 heterocycles. The van der Waals surface area contributed by atoms with Crippen LogP contribution in [0.2, 0.25) is 0 Å². The van der Waals surface area contributed by atoms with Crippen molar-refractivity contribution in [2.75, 3.05) is 13.2 Å². The lowest BCUT2D eigenvalue weighted by molar-refractivity contribution is -0.149. The van der Waals surface area contributed by atoms with Gasteiger partial charge in [0.15, 0.2) is 6.61 Å². The molecule has 0 rings (SSSR count). The van der Waals surface area contributed by atoms with Gasteiger partial charge in [0.2, 0.25) is 0 Å². The van der Waals surface area contributed by atoms with E-state index in [-0.39, 0.29) is 6.61 Å². The van der Waals surface area contributed by atoms with Crippen LogP contribution in [0.5, 0.6) is 0 Å². The number of carbonyl (C=O) groups is 1. The van der Waals surface area contributed by atoms with Crippen molar-refractivity contribution >= 4 is 5.97 Å². The zero-order valence-electron chi connectivity index (χ0n) is 5.35. The maximum Gasteiger partial charge on any atom is 0.334 e. The summed E-state index contributed by atoms with van der Waals surface area (Å²) in [5.41, 5.74) is 0. The molecule has 0 aliphatic rings. The Morgan fingerprint density at radius 2 is 2.33 bits per heavy atom. The molecule has 0 atom stereocenters. The molecule has 0 aliphatic carbocycles. The Morgan fingerprint density at radius 3 is 2.78 bits per heavy atom. The summed E-state index contributed by atoms with van der Waals surface area (Å²) in [5, 5.41) is 0. The molecular weight excluding hydrogens is 122 g/mol. The van der Waals surface area contributed by atoms with Crippen LogP contribution in [0.1, 0.15) is 13.3 Å². The highest BCUT2D eigenvalue weighted by Gasteiger charge is 1.98. The Balaban J connectivity index is 3.06. The van der Waals surface area contributed by atoms with Crippen molar-refractivity contribution in [1.29, 1.82) is 0 Å². The third-order valence-corrected chi connectivity index (χ3v) is 0.657. The van der Waals surface area contributed by atoms with Crippen LogP contribution in [0, 0.1) is 0 Å². The first kappa shape index (κ1) is 8.39. The number of ether oxygens (including phenoxy) is 1. The quantitative estimate of drug-likeness (QED) is 0.404. The number of esters is 1. The van der Waals surface area contributed by atoms with Crippen molar-refractivity contribution in [1.82, 2.24) is 5.90 Å². The van der Waals surface area contributed by atoms with Crippen molar-refractivity contribution in [3.63, 3.8) is 0 Å². The first-order valence-corrected chi connectivity index (χ1v) is 2.75. The fraction of sp³-hybridized carbons (Fsp3) is 0.800. The van der Waals surface area contributed by atoms with Gasteiger partial charge in [-0.1, -0.05) is 6.92 Å². The second-order valence-electron chi connectivity index (χ2n) is 1.51. The van der Waals surface area contributed by atoms with E-state index < -0.39 is 5.97 Å². The molecule has 0 bridgehead atoms. The lowest BCUT2D eigenvalue weighted by Crippen LogP contribution is -2.12. The zero-order valence-corrected chi connectivity index (χ0v) is 5.35. The summed E-state index contributed by atoms with van der Waals surface area (Å²) in [6, 6.07) is 0. The normalized spacial score (nSPS) is 9.11. The molecule has 9 heavy (non-hydrogen) atoms. The van der Waals surface area contributed by atoms with E-state index in [9.17, 15) is 4.79 Å². The van der Waals surface area contributed by atoms with Crippen LogP contribution in [-0.4, -0.2) is 19.2 Å². The molecule has 0 saturated carbocycles. The Bertz CT molecular complexity index is 84.3. The fourth-order valence-electron chi connectivity index (χ4n) is 0.316. The monoisotopic (exact) mass is 132 g/mol. The maximum atomic E-state index is 10.3. The fourth-order valence-corrected chi connectivity index (χ4v) is 0.316. The lowest BCUT2D eigenvalue weighted by Gasteiger charge is -1.98. The third-order valence-electron chi connectivity index (χ3n) is 0.657. The van der Waals surface area contributed by atoms with Crippen LogP contribution in [0.15, 0.2) is 0 Å². The second-order valence-corrected chi connectivity index (χ2v) is 1.51. The van der Waals surface area contributed by atoms with Crippen LogP contribution in [0.3, 0.4) is 0 Å². The molecule has 0 amide bonds. The Labute approximate surface area is 53.9 Å². The molecule has 4 heteroatoms. The Hall–Kier alpha value is -0.610. The standard InChI is InChI=1S/C5H10NO3/c1-2-3-8-5(7)4-9-6/h6H,2-4H2,1H3. The molecule has 1 radical (unpaired) electrons. The van der Waals surface area contributed by atoms with Crippen molar-refractivity contribution in [2.45, 2.75) is 13.3 Å². The van der Waals surface area contributed by atoms with Crippen molar-refractivity contribution < 1.29 is 14.4 Å². The highest BCUT2D eigenvalue weighted by molar-refractivity contribution is 5.70. The maximum absolute atomic E-state index is 10.3. The SMILES string of the molecule is CCCOC(=O)CO[NH]. The number of carbonyl (C=O) groups excluding carboxylic acids is 1. The predicted octanol–water partition coefficient (Wildman–Crippen LogP) is 0.154. The van der Waals surface area contributed by atoms with Crippen LogP contribution in [-0.2, 0) is 14.4 Å². The van der Waals surface area contributed by atoms with Gasteiger partial charge in [-0.3, -0.25) is 4.84 Å². The van der Waals surface area contributed by atoms with Crippen molar-refractivity contribution in [3.8, 4) is 0 Å². The molecule has 0 aromatic rings. The van der Waals surface area contributed by atoms with E-state index in [1.165, 1.54) is 0 Å². The van der Waals surface area contributed by atoms with E-state index in [1.807, 2.05) is 6.92 Å². The van der Waals surface area contributed by atoms with E-state index in [2.05, 4.69) is 9.57 Å². The van der Waals surface area contributed by atoms with Crippen LogP contribution < -0.4 is 5.90 Å². The molecule has 0 unspecified atom stereocenters. The molecule has 4 nitrogen and oxygen atoms in total. The lowest BCUT2D eigenvalue weighted by atomic mass is 10.5. The summed E-state index contributed by atoms with van der Waals surface area (Å²) in [6.07, 6.45) is 0.795. The summed E-state index contributed by atoms with van der Waals surface area (Å²) in [7, 11) is 0. The zero-order chi connectivity index (χ0) is 7.11. The molecule has 0 aromatic heterocycles. The van der Waals surface area contributed by atoms with Crippen LogP contribution in [0.4, 0.5) is 0 Å². The first-order chi connectivity index (χ1) is 4.31. The van der Waals surface area contributed by atoms with Gasteiger partial charge in [0.1, 0.15) is 0 Å². The second kappa shape index (κ2) is 5.53. The van der Waals surface area contributed by atoms with E-state index in [0.717, 1.165) is 6.42 Å². The number of nitrogens with one attached hydrogen (secondary N) is 1. The number of hydrogen-bond acceptors (Lipinski definition) is 3. The molecule has 0 saturated heterocycles. The molecule has 53 valence electrons. The Morgan fingerprint density at radius 1 is 1.67 bits per heavy atom. The molecular formula is C5H10NO3. The minimum absolute atomic E-state index is 0.278. The van der Waals surface area contributed by atoms with Gasteiger partial charge in [-0.25, -0.2) is 4.79 Å². The molecule has 0 aliphatic heterocycles. The van der Waals surface area contributed by atoms with Gasteiger partial charge in [0.25, 0.3) is 0 Å². The van der Waals surface area contributed by atoms with Crippen LogP contribution >= 0.6 is 0 Å². The third kappa shape index (κ3) is 5.26. The van der Waals surface area contributed by atoms with Gasteiger partial charge in [-0.05, 0) is 6.42 Å². The molecule has 0 fully saturated rings. The van der Waals surface area contributed by atoms with Crippen molar-refractivity contribution in [3.05, 3.63) is 0 Å². The van der Waals surface area contributed by atoms with Crippen LogP contribution in [0.25, 0.3) is 0 Å². The van der Waals surface area contributed by atoms with Gasteiger partial charge >= 0.3 is 5.97 Å². The molecule has 1 N–H and O–H groups in total. The summed E-state index contributed by atoms with van der Waals surface area (Å²) in [5.74, 6) is 5.69. The van der Waals surface area contributed by atoms with E-state index in [0.29, 0.717) is 6.61 Å². The predicted molar refractivity (Wildman–Crippen MR) is 30.3 cm³/mol. The summed E-state index contributed by atoms with van der Waals surface area (Å²) < 4.78 is 4.55. The average Bonchev–Trinajstić information content (AvgIpc) is 1.85. The summed E-state index contributed by atoms with van der Waals surface area (Å²) in [6.45, 7) is 2.02. The highest BCUT2D eigenvalue weighted by Crippen LogP contribution is 1.81. The topological polar surface area (TPSA) is 59.3 Å². The Kier molecular flexibility index (Phi) is 5.15. The minimum Gasteiger partial charge on any atom is -0.464 e. The van der Waals surface area contributed by atoms with Gasteiger partial charge in [0, 0.05) is 0 Å². The van der Waals surface area contributed by atoms with E-state index >= 15 is 0 Å². The average molecular weight is 132 g/mol. The smallest absolute Gasteiger partial charge is 0.334 e. The largest absolute Gasteiger partial charge is 0.464 e. The van der Waals surface area contributed by atoms with E-state index in [4.69, 9.17) is 5.90 Å². The van der Waals surface area contributed by atoms with Gasteiger partial charge in [0.05, 0.1) is 6.61 Å². The van der Waals surface area contributed by atoms with Gasteiger partial charge < -0.3 is 4.74 Å². The minimum atomic E-state index is -0.480. The highest BCUT2D eigenvalue weighted by atomic mass is 16.6. The number of hydrogen-bond donors (Lipinski definition) is 0. The van der Waals surface area contributed by atoms with Gasteiger partial charge in [-0.15, -0.1) is 5.90 Å². The molecule has 0 aromatic carbocycles. The van der Waals surface area contributed by atoms with Crippen molar-refractivity contribution in [2.24, 2.45) is 0 Å². The summed E-state index contributed by atoms with van der Waals surface area (Å²) in [4.78, 5) is 14.1. The first-order valence-electron chi connectivity index (χ1n) is 2.75. The van der Waals surface area contributed by atoms with Gasteiger partial charge in [-0.2, -0.15) is 0 Å². The summed E-state index contributed by atoms with van der Waals surface area (Å²) >= 11 is 0.